The number of carbonyl (C=O) groups is 2. The molecule has 0 atom stereocenters. The van der Waals surface area contributed by atoms with Crippen LogP contribution in [0.25, 0.3) is 0 Å². The molecule has 0 spiro atoms. The van der Waals surface area contributed by atoms with Gasteiger partial charge in [-0.15, -0.1) is 11.3 Å². The maximum atomic E-state index is 11.3. The molecule has 1 aromatic heterocycles. The average Bonchev–Trinajstić information content (AvgIpc) is 2.77. The lowest BCUT2D eigenvalue weighted by molar-refractivity contribution is -0.143. The van der Waals surface area contributed by atoms with Crippen molar-refractivity contribution in [2.24, 2.45) is 0 Å². The number of hydrogen-bond donors (Lipinski definition) is 1. The molecule has 1 N–H and O–H groups in total. The largest absolute Gasteiger partial charge is 0.465 e. The maximum absolute atomic E-state index is 11.3. The van der Waals surface area contributed by atoms with Crippen LogP contribution >= 0.6 is 11.3 Å². The van der Waals surface area contributed by atoms with E-state index in [4.69, 9.17) is 4.74 Å². The molecule has 16 heavy (non-hydrogen) atoms. The lowest BCUT2D eigenvalue weighted by Crippen LogP contribution is -2.30. The molecule has 88 valence electrons. The molecule has 1 aromatic rings. The Balaban J connectivity index is 2.14. The molecular weight excluding hydrogens is 226 g/mol. The Morgan fingerprint density at radius 2 is 2.31 bits per heavy atom. The van der Waals surface area contributed by atoms with Crippen molar-refractivity contribution in [1.29, 1.82) is 0 Å². The zero-order valence-corrected chi connectivity index (χ0v) is 10.0. The van der Waals surface area contributed by atoms with Gasteiger partial charge in [-0.3, -0.25) is 9.59 Å². The van der Waals surface area contributed by atoms with Gasteiger partial charge in [-0.2, -0.15) is 0 Å². The summed E-state index contributed by atoms with van der Waals surface area (Å²) in [6.45, 7) is 2.03. The number of rotatable bonds is 6. The summed E-state index contributed by atoms with van der Waals surface area (Å²) in [7, 11) is 0. The third-order valence-corrected chi connectivity index (χ3v) is 2.85. The van der Waals surface area contributed by atoms with Crippen molar-refractivity contribution < 1.29 is 14.3 Å². The molecule has 1 heterocycles. The van der Waals surface area contributed by atoms with E-state index in [1.807, 2.05) is 17.5 Å². The Morgan fingerprint density at radius 3 is 2.94 bits per heavy atom. The molecule has 0 aliphatic rings. The van der Waals surface area contributed by atoms with Crippen molar-refractivity contribution in [3.05, 3.63) is 22.4 Å². The molecule has 0 aromatic carbocycles. The van der Waals surface area contributed by atoms with Crippen molar-refractivity contribution in [3.63, 3.8) is 0 Å². The van der Waals surface area contributed by atoms with Crippen LogP contribution in [0.15, 0.2) is 17.5 Å². The van der Waals surface area contributed by atoms with Gasteiger partial charge in [-0.1, -0.05) is 6.07 Å². The summed E-state index contributed by atoms with van der Waals surface area (Å²) in [4.78, 5) is 23.5. The summed E-state index contributed by atoms with van der Waals surface area (Å²) in [5.41, 5.74) is 0. The van der Waals surface area contributed by atoms with Gasteiger partial charge in [-0.05, 0) is 24.8 Å². The first kappa shape index (κ1) is 12.7. The fourth-order valence-electron chi connectivity index (χ4n) is 1.16. The van der Waals surface area contributed by atoms with Gasteiger partial charge in [0.25, 0.3) is 0 Å². The third kappa shape index (κ3) is 4.93. The van der Waals surface area contributed by atoms with E-state index in [2.05, 4.69) is 5.32 Å². The molecular formula is C11H15NO3S. The molecule has 0 aliphatic carbocycles. The minimum Gasteiger partial charge on any atom is -0.465 e. The Labute approximate surface area is 98.6 Å². The summed E-state index contributed by atoms with van der Waals surface area (Å²) in [5, 5.41) is 4.50. The predicted octanol–water partition coefficient (Wildman–Crippen LogP) is 1.36. The third-order valence-electron chi connectivity index (χ3n) is 1.91. The molecule has 0 unspecified atom stereocenters. The highest BCUT2D eigenvalue weighted by Gasteiger charge is 2.06. The summed E-state index contributed by atoms with van der Waals surface area (Å²) in [5.74, 6) is -0.520. The molecule has 0 fully saturated rings. The van der Waals surface area contributed by atoms with Gasteiger partial charge >= 0.3 is 5.97 Å². The summed E-state index contributed by atoms with van der Waals surface area (Å²) in [6.07, 6.45) is 1.12. The zero-order valence-electron chi connectivity index (χ0n) is 9.19. The van der Waals surface area contributed by atoms with Gasteiger partial charge in [0, 0.05) is 11.3 Å². The number of aryl methyl sites for hydroxylation is 1. The summed E-state index contributed by atoms with van der Waals surface area (Å²) < 4.78 is 4.69. The number of carbonyl (C=O) groups excluding carboxylic acids is 2. The standard InChI is InChI=1S/C11H15NO3S/c1-2-15-11(14)8-12-10(13)6-5-9-4-3-7-16-9/h3-4,7H,2,5-6,8H2,1H3,(H,12,13). The van der Waals surface area contributed by atoms with Crippen molar-refractivity contribution in [2.75, 3.05) is 13.2 Å². The quantitative estimate of drug-likeness (QED) is 0.765. The van der Waals surface area contributed by atoms with Crippen molar-refractivity contribution in [1.82, 2.24) is 5.32 Å². The van der Waals surface area contributed by atoms with Crippen molar-refractivity contribution >= 4 is 23.2 Å². The molecule has 0 saturated heterocycles. The van der Waals surface area contributed by atoms with Crippen LogP contribution in [0.3, 0.4) is 0 Å². The molecule has 0 bridgehead atoms. The zero-order chi connectivity index (χ0) is 11.8. The maximum Gasteiger partial charge on any atom is 0.325 e. The van der Waals surface area contributed by atoms with Crippen LogP contribution in [-0.4, -0.2) is 25.0 Å². The lowest BCUT2D eigenvalue weighted by Gasteiger charge is -2.04. The highest BCUT2D eigenvalue weighted by Crippen LogP contribution is 2.10. The summed E-state index contributed by atoms with van der Waals surface area (Å²) in [6, 6.07) is 3.94. The Bertz CT molecular complexity index is 335. The molecule has 0 aliphatic heterocycles. The summed E-state index contributed by atoms with van der Waals surface area (Å²) >= 11 is 1.63. The predicted molar refractivity (Wildman–Crippen MR) is 62.3 cm³/mol. The molecule has 5 heteroatoms. The van der Waals surface area contributed by atoms with E-state index < -0.39 is 5.97 Å². The van der Waals surface area contributed by atoms with Crippen LogP contribution in [0, 0.1) is 0 Å². The average molecular weight is 241 g/mol. The molecule has 0 saturated carbocycles. The minimum atomic E-state index is -0.396. The van der Waals surface area contributed by atoms with E-state index in [0.29, 0.717) is 19.4 Å². The van der Waals surface area contributed by atoms with E-state index in [1.54, 1.807) is 18.3 Å². The number of amides is 1. The second-order valence-electron chi connectivity index (χ2n) is 3.16. The Hall–Kier alpha value is -1.36. The monoisotopic (exact) mass is 241 g/mol. The Kier molecular flexibility index (Phi) is 5.56. The Morgan fingerprint density at radius 1 is 1.50 bits per heavy atom. The van der Waals surface area contributed by atoms with Gasteiger partial charge in [-0.25, -0.2) is 0 Å². The fraction of sp³-hybridized carbons (Fsp3) is 0.455. The first-order valence-electron chi connectivity index (χ1n) is 5.17. The van der Waals surface area contributed by atoms with Crippen LogP contribution < -0.4 is 5.32 Å². The molecule has 0 radical (unpaired) electrons. The number of nitrogens with one attached hydrogen (secondary N) is 1. The van der Waals surface area contributed by atoms with Crippen LogP contribution in [0.4, 0.5) is 0 Å². The van der Waals surface area contributed by atoms with E-state index in [0.717, 1.165) is 0 Å². The van der Waals surface area contributed by atoms with Crippen molar-refractivity contribution in [3.8, 4) is 0 Å². The van der Waals surface area contributed by atoms with Crippen LogP contribution in [0.5, 0.6) is 0 Å². The van der Waals surface area contributed by atoms with E-state index in [-0.39, 0.29) is 12.5 Å². The van der Waals surface area contributed by atoms with E-state index >= 15 is 0 Å². The van der Waals surface area contributed by atoms with Crippen LogP contribution in [0.2, 0.25) is 0 Å². The normalized spacial score (nSPS) is 9.81. The molecule has 1 rings (SSSR count). The topological polar surface area (TPSA) is 55.4 Å². The van der Waals surface area contributed by atoms with Gasteiger partial charge in [0.2, 0.25) is 5.91 Å². The lowest BCUT2D eigenvalue weighted by atomic mass is 10.2. The number of thiophene rings is 1. The van der Waals surface area contributed by atoms with Gasteiger partial charge in [0.15, 0.2) is 0 Å². The second kappa shape index (κ2) is 7.00. The van der Waals surface area contributed by atoms with Crippen molar-refractivity contribution in [2.45, 2.75) is 19.8 Å². The smallest absolute Gasteiger partial charge is 0.325 e. The second-order valence-corrected chi connectivity index (χ2v) is 4.19. The van der Waals surface area contributed by atoms with Gasteiger partial charge in [0.1, 0.15) is 6.54 Å². The highest BCUT2D eigenvalue weighted by molar-refractivity contribution is 7.09. The van der Waals surface area contributed by atoms with E-state index in [1.165, 1.54) is 4.88 Å². The van der Waals surface area contributed by atoms with Gasteiger partial charge < -0.3 is 10.1 Å². The first-order valence-corrected chi connectivity index (χ1v) is 6.05. The SMILES string of the molecule is CCOC(=O)CNC(=O)CCc1cccs1. The van der Waals surface area contributed by atoms with Crippen LogP contribution in [-0.2, 0) is 20.7 Å². The number of hydrogen-bond acceptors (Lipinski definition) is 4. The van der Waals surface area contributed by atoms with Crippen LogP contribution in [0.1, 0.15) is 18.2 Å². The molecule has 4 nitrogen and oxygen atoms in total. The fourth-order valence-corrected chi connectivity index (χ4v) is 1.87. The minimum absolute atomic E-state index is 0.0445. The molecule has 1 amide bonds. The first-order chi connectivity index (χ1) is 7.72. The number of esters is 1. The van der Waals surface area contributed by atoms with E-state index in [9.17, 15) is 9.59 Å². The number of ether oxygens (including phenoxy) is 1. The van der Waals surface area contributed by atoms with Gasteiger partial charge in [0.05, 0.1) is 6.61 Å². The highest BCUT2D eigenvalue weighted by atomic mass is 32.1.